The third kappa shape index (κ3) is 1.78. The molecule has 0 N–H and O–H groups in total. The molecule has 2 nitrogen and oxygen atoms in total. The minimum Gasteiger partial charge on any atom is -0.471 e. The number of thioether (sulfide) groups is 1. The van der Waals surface area contributed by atoms with E-state index in [0.717, 1.165) is 10.8 Å². The zero-order chi connectivity index (χ0) is 15.5. The summed E-state index contributed by atoms with van der Waals surface area (Å²) in [6.07, 6.45) is 2.80. The zero-order valence-electron chi connectivity index (χ0n) is 13.5. The van der Waals surface area contributed by atoms with E-state index < -0.39 is 0 Å². The van der Waals surface area contributed by atoms with Crippen LogP contribution in [0.3, 0.4) is 0 Å². The Morgan fingerprint density at radius 3 is 2.68 bits per heavy atom. The number of ether oxygens (including phenoxy) is 1. The lowest BCUT2D eigenvalue weighted by atomic mass is 9.69. The van der Waals surface area contributed by atoms with Crippen molar-refractivity contribution in [3.05, 3.63) is 41.8 Å². The molecular weight excluding hydrogens is 290 g/mol. The number of nitrogens with zero attached hydrogens (tertiary/aromatic N) is 1. The van der Waals surface area contributed by atoms with Crippen molar-refractivity contribution in [2.24, 2.45) is 21.7 Å². The fourth-order valence-electron chi connectivity index (χ4n) is 4.71. The van der Waals surface area contributed by atoms with Gasteiger partial charge in [0.2, 0.25) is 5.90 Å². The second kappa shape index (κ2) is 4.64. The van der Waals surface area contributed by atoms with E-state index >= 15 is 0 Å². The van der Waals surface area contributed by atoms with E-state index in [-0.39, 0.29) is 11.5 Å². The third-order valence-electron chi connectivity index (χ3n) is 6.46. The predicted octanol–water partition coefficient (Wildman–Crippen LogP) is 4.91. The summed E-state index contributed by atoms with van der Waals surface area (Å²) in [6, 6.07) is 10.6. The van der Waals surface area contributed by atoms with E-state index in [4.69, 9.17) is 9.73 Å². The van der Waals surface area contributed by atoms with Crippen LogP contribution in [0.15, 0.2) is 51.7 Å². The average molecular weight is 313 g/mol. The van der Waals surface area contributed by atoms with Crippen molar-refractivity contribution in [3.8, 4) is 0 Å². The van der Waals surface area contributed by atoms with Gasteiger partial charge < -0.3 is 4.74 Å². The van der Waals surface area contributed by atoms with Crippen LogP contribution in [0.5, 0.6) is 0 Å². The highest BCUT2D eigenvalue weighted by Gasteiger charge is 2.69. The molecule has 2 fully saturated rings. The maximum atomic E-state index is 6.28. The van der Waals surface area contributed by atoms with Crippen LogP contribution in [0.1, 0.15) is 33.6 Å². The van der Waals surface area contributed by atoms with Gasteiger partial charge in [-0.2, -0.15) is 0 Å². The van der Waals surface area contributed by atoms with Crippen molar-refractivity contribution in [2.45, 2.75) is 50.7 Å². The molecule has 4 rings (SSSR count). The highest BCUT2D eigenvalue weighted by Crippen LogP contribution is 2.68. The van der Waals surface area contributed by atoms with Crippen LogP contribution >= 0.6 is 11.8 Å². The quantitative estimate of drug-likeness (QED) is 0.739. The number of rotatable bonds is 3. The van der Waals surface area contributed by atoms with E-state index in [1.807, 2.05) is 18.2 Å². The molecule has 0 aromatic heterocycles. The molecular formula is C19H23NOS. The number of hydrogen-bond donors (Lipinski definition) is 0. The van der Waals surface area contributed by atoms with Gasteiger partial charge in [0.05, 0.1) is 10.9 Å². The molecule has 1 aliphatic heterocycles. The molecule has 116 valence electrons. The second-order valence-corrected chi connectivity index (χ2v) is 8.75. The topological polar surface area (TPSA) is 21.6 Å². The highest BCUT2D eigenvalue weighted by atomic mass is 32.2. The highest BCUT2D eigenvalue weighted by molar-refractivity contribution is 8.04. The van der Waals surface area contributed by atoms with Gasteiger partial charge in [0.15, 0.2) is 0 Å². The van der Waals surface area contributed by atoms with E-state index in [2.05, 4.69) is 39.5 Å². The number of hydrogen-bond acceptors (Lipinski definition) is 3. The lowest BCUT2D eigenvalue weighted by molar-refractivity contribution is 0.116. The van der Waals surface area contributed by atoms with E-state index in [9.17, 15) is 0 Å². The summed E-state index contributed by atoms with van der Waals surface area (Å²) in [5, 5.41) is 0. The molecule has 4 atom stereocenters. The average Bonchev–Trinajstić information content (AvgIpc) is 3.06. The van der Waals surface area contributed by atoms with Gasteiger partial charge in [-0.3, -0.25) is 0 Å². The second-order valence-electron chi connectivity index (χ2n) is 7.58. The van der Waals surface area contributed by atoms with Gasteiger partial charge in [-0.1, -0.05) is 57.3 Å². The molecule has 2 aliphatic carbocycles. The van der Waals surface area contributed by atoms with Crippen LogP contribution in [0.4, 0.5) is 0 Å². The molecule has 2 bridgehead atoms. The zero-order valence-corrected chi connectivity index (χ0v) is 14.3. The summed E-state index contributed by atoms with van der Waals surface area (Å²) in [5.74, 6) is 1.40. The molecule has 0 radical (unpaired) electrons. The van der Waals surface area contributed by atoms with Crippen LogP contribution in [0.2, 0.25) is 0 Å². The van der Waals surface area contributed by atoms with Gasteiger partial charge in [0.1, 0.15) is 6.10 Å². The molecule has 1 heterocycles. The summed E-state index contributed by atoms with van der Waals surface area (Å²) in [6.45, 7) is 11.4. The number of fused-ring (bicyclic) bond motifs is 5. The molecule has 1 aromatic carbocycles. The van der Waals surface area contributed by atoms with Gasteiger partial charge in [-0.15, -0.1) is 0 Å². The molecule has 0 spiro atoms. The van der Waals surface area contributed by atoms with Crippen molar-refractivity contribution in [2.75, 3.05) is 0 Å². The monoisotopic (exact) mass is 313 g/mol. The largest absolute Gasteiger partial charge is 0.471 e. The normalized spacial score (nSPS) is 37.6. The number of aliphatic imine (C=N–C) groups is 1. The minimum atomic E-state index is 0.261. The van der Waals surface area contributed by atoms with Crippen LogP contribution in [-0.2, 0) is 4.74 Å². The summed E-state index contributed by atoms with van der Waals surface area (Å²) in [5.41, 5.74) is 0.590. The molecule has 1 aromatic rings. The Hall–Kier alpha value is -1.22. The maximum absolute atomic E-state index is 6.28. The van der Waals surface area contributed by atoms with Crippen LogP contribution in [-0.4, -0.2) is 18.0 Å². The van der Waals surface area contributed by atoms with E-state index in [0.29, 0.717) is 17.4 Å². The summed E-state index contributed by atoms with van der Waals surface area (Å²) in [4.78, 5) is 7.09. The standard InChI is InChI=1S/C19H23NOS/c1-12(22-13-8-6-5-7-9-13)17-20-16-15(21-17)14-10-11-19(16,4)18(14,2)3/h5-9,14-16H,1,10-11H2,2-4H3/t14?,15?,16-,19?/m1/s1. The van der Waals surface area contributed by atoms with Gasteiger partial charge in [-0.05, 0) is 35.8 Å². The lowest BCUT2D eigenvalue weighted by Crippen LogP contribution is -2.36. The van der Waals surface area contributed by atoms with Crippen molar-refractivity contribution in [1.29, 1.82) is 0 Å². The minimum absolute atomic E-state index is 0.261. The first-order chi connectivity index (χ1) is 10.4. The first-order valence-electron chi connectivity index (χ1n) is 8.10. The molecule has 0 amide bonds. The summed E-state index contributed by atoms with van der Waals surface area (Å²) < 4.78 is 6.28. The van der Waals surface area contributed by atoms with Crippen LogP contribution < -0.4 is 0 Å². The van der Waals surface area contributed by atoms with Crippen molar-refractivity contribution < 1.29 is 4.74 Å². The Morgan fingerprint density at radius 2 is 2.00 bits per heavy atom. The first-order valence-corrected chi connectivity index (χ1v) is 8.92. The lowest BCUT2D eigenvalue weighted by Gasteiger charge is -2.36. The smallest absolute Gasteiger partial charge is 0.223 e. The Kier molecular flexibility index (Phi) is 3.03. The molecule has 22 heavy (non-hydrogen) atoms. The molecule has 3 aliphatic rings. The Bertz CT molecular complexity index is 651. The Balaban J connectivity index is 1.57. The third-order valence-corrected chi connectivity index (χ3v) is 7.39. The fraction of sp³-hybridized carbons (Fsp3) is 0.526. The van der Waals surface area contributed by atoms with E-state index in [1.54, 1.807) is 11.8 Å². The van der Waals surface area contributed by atoms with Crippen molar-refractivity contribution in [3.63, 3.8) is 0 Å². The fourth-order valence-corrected chi connectivity index (χ4v) is 5.47. The SMILES string of the molecule is C=C(Sc1ccccc1)C1=N[C@@H]2C(O1)C1CCC2(C)C1(C)C. The van der Waals surface area contributed by atoms with Crippen LogP contribution in [0, 0.1) is 16.7 Å². The van der Waals surface area contributed by atoms with Crippen LogP contribution in [0.25, 0.3) is 0 Å². The predicted molar refractivity (Wildman–Crippen MR) is 92.1 cm³/mol. The van der Waals surface area contributed by atoms with Gasteiger partial charge >= 0.3 is 0 Å². The Morgan fingerprint density at radius 1 is 1.27 bits per heavy atom. The van der Waals surface area contributed by atoms with Gasteiger partial charge in [-0.25, -0.2) is 4.99 Å². The first kappa shape index (κ1) is 14.4. The molecule has 3 unspecified atom stereocenters. The van der Waals surface area contributed by atoms with E-state index in [1.165, 1.54) is 17.7 Å². The van der Waals surface area contributed by atoms with Crippen molar-refractivity contribution in [1.82, 2.24) is 0 Å². The molecule has 2 saturated carbocycles. The molecule has 0 saturated heterocycles. The maximum Gasteiger partial charge on any atom is 0.223 e. The van der Waals surface area contributed by atoms with Gasteiger partial charge in [0, 0.05) is 10.8 Å². The van der Waals surface area contributed by atoms with Gasteiger partial charge in [0.25, 0.3) is 0 Å². The Labute approximate surface area is 137 Å². The molecule has 3 heteroatoms. The van der Waals surface area contributed by atoms with Crippen molar-refractivity contribution >= 4 is 17.7 Å². The number of benzene rings is 1. The summed E-state index contributed by atoms with van der Waals surface area (Å²) >= 11 is 1.65. The summed E-state index contributed by atoms with van der Waals surface area (Å²) in [7, 11) is 0.